The van der Waals surface area contributed by atoms with Crippen LogP contribution in [0.2, 0.25) is 0 Å². The van der Waals surface area contributed by atoms with Gasteiger partial charge in [-0.15, -0.1) is 0 Å². The van der Waals surface area contributed by atoms with Crippen LogP contribution >= 0.6 is 31.7 Å². The van der Waals surface area contributed by atoms with Crippen LogP contribution in [-0.2, 0) is 0 Å². The Labute approximate surface area is 346 Å². The second kappa shape index (κ2) is 20.1. The van der Waals surface area contributed by atoms with Crippen molar-refractivity contribution < 1.29 is 37.7 Å². The van der Waals surface area contributed by atoms with Crippen LogP contribution in [-0.4, -0.2) is 207 Å². The van der Waals surface area contributed by atoms with E-state index in [1.54, 1.807) is 0 Å². The maximum Gasteiger partial charge on any atom is 1.00 e. The largest absolute Gasteiger partial charge is 1.00 e. The first-order valence-corrected chi connectivity index (χ1v) is 26.6. The minimum atomic E-state index is 0. The number of unbranched alkanes of at least 4 members (excludes halogenated alkanes) is 3. The van der Waals surface area contributed by atoms with E-state index in [1.165, 1.54) is 175 Å². The van der Waals surface area contributed by atoms with Crippen LogP contribution in [0, 0.1) is 13.2 Å². The molecule has 0 aromatic rings. The van der Waals surface area contributed by atoms with E-state index in [9.17, 15) is 0 Å². The quantitative estimate of drug-likeness (QED) is 0.135. The second-order valence-corrected chi connectivity index (χ2v) is 25.6. The van der Waals surface area contributed by atoms with Crippen molar-refractivity contribution in [1.29, 1.82) is 0 Å². The second-order valence-electron chi connectivity index (χ2n) is 16.8. The monoisotopic (exact) mass is 782 g/mol. The Kier molecular flexibility index (Phi) is 17.0. The molecule has 0 spiro atoms. The van der Waals surface area contributed by atoms with Crippen molar-refractivity contribution in [2.75, 3.05) is 137 Å². The van der Waals surface area contributed by atoms with Gasteiger partial charge >= 0.3 is 37.7 Å². The van der Waals surface area contributed by atoms with Gasteiger partial charge in [-0.3, -0.25) is 53.9 Å². The predicted molar refractivity (Wildman–Crippen MR) is 214 cm³/mol. The maximum absolute atomic E-state index is 3.60. The summed E-state index contributed by atoms with van der Waals surface area (Å²) in [6.45, 7) is 20.6. The molecule has 0 amide bonds. The van der Waals surface area contributed by atoms with Crippen molar-refractivity contribution in [3.63, 3.8) is 0 Å². The average Bonchev–Trinajstić information content (AvgIpc) is 3.06. The minimum Gasteiger partial charge on any atom is -0.428 e. The topological polar surface area (TPSA) is 38.9 Å². The van der Waals surface area contributed by atoms with Gasteiger partial charge in [-0.2, -0.15) is 6.42 Å². The predicted octanol–water partition coefficient (Wildman–Crippen LogP) is -1.23. The molecular weight excluding hydrogens is 714 g/mol. The molecule has 0 aliphatic carbocycles. The van der Waals surface area contributed by atoms with Gasteiger partial charge in [0, 0.05) is 68.9 Å². The molecule has 0 saturated carbocycles. The van der Waals surface area contributed by atoms with Crippen molar-refractivity contribution in [2.24, 2.45) is 0 Å². The molecule has 16 heterocycles. The molecule has 0 aromatic heterocycles. The van der Waals surface area contributed by atoms with Gasteiger partial charge < -0.3 is 11.8 Å². The van der Waals surface area contributed by atoms with E-state index in [0.717, 1.165) is 18.0 Å². The van der Waals surface area contributed by atoms with Gasteiger partial charge in [-0.1, -0.05) is 63.8 Å². The van der Waals surface area contributed by atoms with E-state index in [-0.39, 0.29) is 68.9 Å². The average molecular weight is 783 g/mol. The third-order valence-corrected chi connectivity index (χ3v) is 22.5. The first kappa shape index (κ1) is 44.0. The molecule has 16 aliphatic heterocycles. The molecule has 0 aromatic carbocycles. The molecule has 0 radical (unpaired) electrons. The summed E-state index contributed by atoms with van der Waals surface area (Å²) in [7, 11) is 1.10. The van der Waals surface area contributed by atoms with Gasteiger partial charge in [0.25, 0.3) is 0 Å². The molecule has 16 aliphatic rings. The zero-order chi connectivity index (χ0) is 32.9. The van der Waals surface area contributed by atoms with E-state index >= 15 is 0 Å². The summed E-state index contributed by atoms with van der Waals surface area (Å²) >= 11 is 0. The zero-order valence-corrected chi connectivity index (χ0v) is 36.0. The van der Waals surface area contributed by atoms with Gasteiger partial charge in [-0.05, 0) is 25.4 Å². The summed E-state index contributed by atoms with van der Waals surface area (Å²) in [4.78, 5) is 31.5. The summed E-state index contributed by atoms with van der Waals surface area (Å²) in [6, 6.07) is 0. The number of hydrogen-bond donors (Lipinski definition) is 0. The molecular formula is C34H68Li2N12P4. The fourth-order valence-electron chi connectivity index (χ4n) is 10.4. The fraction of sp³-hybridized carbons (Fsp3) is 0.941. The van der Waals surface area contributed by atoms with E-state index in [0.29, 0.717) is 7.92 Å². The Balaban J connectivity index is 0.000000142. The van der Waals surface area contributed by atoms with Gasteiger partial charge in [0.05, 0.1) is 66.7 Å². The van der Waals surface area contributed by atoms with Crippen LogP contribution in [0.1, 0.15) is 59.3 Å². The Hall–Kier alpha value is 2.43. The van der Waals surface area contributed by atoms with Crippen LogP contribution in [0.5, 0.6) is 0 Å². The molecule has 8 atom stereocenters. The minimum absolute atomic E-state index is 0. The van der Waals surface area contributed by atoms with Crippen LogP contribution in [0.3, 0.4) is 0 Å². The zero-order valence-electron chi connectivity index (χ0n) is 32.4. The van der Waals surface area contributed by atoms with Crippen LogP contribution in [0.4, 0.5) is 0 Å². The van der Waals surface area contributed by atoms with E-state index < -0.39 is 0 Å². The standard InChI is InChI=1S/C17H32N6P2.C6H12N3P.C6H11N3P.C4H9.CH4.2Li/c1(2-4-16-22-8-18-6-19(9-22)13-24(16)12-18)3-5-17-23-10-20-7-21(11-23)15-25(17)14-20;2*1-7-2-9-3-8(1)5-10(4-7)6-9;1-3-4-2;;;/h16-17H,1-15H2;1-6H2;4H,1-3,5-6H2;1,3-4H2,2H3;1H4;;/q;;2*-1;;2*+1. The van der Waals surface area contributed by atoms with Crippen molar-refractivity contribution in [3.8, 4) is 0 Å². The van der Waals surface area contributed by atoms with Crippen molar-refractivity contribution >= 4 is 31.7 Å². The molecule has 52 heavy (non-hydrogen) atoms. The molecule has 18 heteroatoms. The Morgan fingerprint density at radius 2 is 0.846 bits per heavy atom. The van der Waals surface area contributed by atoms with Crippen LogP contribution < -0.4 is 37.7 Å². The first-order valence-electron chi connectivity index (χ1n) is 19.4. The van der Waals surface area contributed by atoms with Gasteiger partial charge in [0.1, 0.15) is 0 Å². The molecule has 12 nitrogen and oxygen atoms in total. The summed E-state index contributed by atoms with van der Waals surface area (Å²) in [5.74, 6) is 1.91. The smallest absolute Gasteiger partial charge is 0.428 e. The first-order chi connectivity index (χ1) is 24.0. The Morgan fingerprint density at radius 1 is 0.500 bits per heavy atom. The molecule has 16 rings (SSSR count). The third-order valence-electron chi connectivity index (χ3n) is 12.0. The summed E-state index contributed by atoms with van der Waals surface area (Å²) in [6.07, 6.45) is 24.9. The van der Waals surface area contributed by atoms with Gasteiger partial charge in [0.2, 0.25) is 0 Å². The molecule has 16 fully saturated rings. The molecule has 16 saturated heterocycles. The number of rotatable bonds is 7. The normalized spacial score (nSPS) is 49.3. The SMILES string of the molecule is C.C(CCC1N2CN3CN(C2)CP1C3)CCC1N2CN3CN(C2)CP1C3.C1N2CN3CN1CP(C2)C3.[CH-]1N2CN3CN(C2)CP1C3.[CH2-]CCC.[Li+].[Li+]. The summed E-state index contributed by atoms with van der Waals surface area (Å²) in [5.41, 5.74) is 0. The van der Waals surface area contributed by atoms with Gasteiger partial charge in [-0.25, -0.2) is 14.2 Å². The van der Waals surface area contributed by atoms with Crippen molar-refractivity contribution in [2.45, 2.75) is 70.9 Å². The van der Waals surface area contributed by atoms with E-state index in [2.05, 4.69) is 78.9 Å². The summed E-state index contributed by atoms with van der Waals surface area (Å²) in [5, 5.41) is 0. The van der Waals surface area contributed by atoms with E-state index in [4.69, 9.17) is 0 Å². The maximum atomic E-state index is 3.60. The molecule has 0 N–H and O–H groups in total. The third kappa shape index (κ3) is 10.4. The number of hydrogen-bond acceptors (Lipinski definition) is 12. The number of nitrogens with zero attached hydrogens (tertiary/aromatic N) is 12. The molecule has 286 valence electrons. The van der Waals surface area contributed by atoms with Crippen LogP contribution in [0.15, 0.2) is 0 Å². The Bertz CT molecular complexity index is 870. The summed E-state index contributed by atoms with van der Waals surface area (Å²) < 4.78 is 0. The van der Waals surface area contributed by atoms with Crippen molar-refractivity contribution in [3.05, 3.63) is 13.2 Å². The molecule has 16 bridgehead atoms. The van der Waals surface area contributed by atoms with E-state index in [1.807, 2.05) is 0 Å². The Morgan fingerprint density at radius 3 is 1.13 bits per heavy atom. The van der Waals surface area contributed by atoms with Crippen LogP contribution in [0.25, 0.3) is 0 Å². The van der Waals surface area contributed by atoms with Crippen molar-refractivity contribution in [1.82, 2.24) is 58.8 Å². The fourth-order valence-corrected chi connectivity index (χ4v) is 21.1. The molecule has 8 unspecified atom stereocenters. The van der Waals surface area contributed by atoms with Gasteiger partial charge in [0.15, 0.2) is 0 Å².